The van der Waals surface area contributed by atoms with Crippen molar-refractivity contribution in [3.63, 3.8) is 0 Å². The van der Waals surface area contributed by atoms with Crippen LogP contribution in [0.5, 0.6) is 0 Å². The summed E-state index contributed by atoms with van der Waals surface area (Å²) in [5.74, 6) is 0.398. The zero-order valence-corrected chi connectivity index (χ0v) is 6.90. The lowest BCUT2D eigenvalue weighted by molar-refractivity contribution is 0.237. The van der Waals surface area contributed by atoms with Crippen molar-refractivity contribution < 1.29 is 5.11 Å². The predicted molar refractivity (Wildman–Crippen MR) is 44.3 cm³/mol. The molecule has 1 N–H and O–H groups in total. The van der Waals surface area contributed by atoms with Crippen molar-refractivity contribution in [2.75, 3.05) is 6.61 Å². The van der Waals surface area contributed by atoms with Crippen LogP contribution < -0.4 is 0 Å². The number of rotatable bonds is 3. The van der Waals surface area contributed by atoms with E-state index in [1.54, 1.807) is 11.3 Å². The SMILES string of the molecule is CC(CO)Cc1ccsc1. The molecule has 1 unspecified atom stereocenters. The van der Waals surface area contributed by atoms with E-state index < -0.39 is 0 Å². The normalized spacial score (nSPS) is 13.4. The third kappa shape index (κ3) is 2.12. The second kappa shape index (κ2) is 3.74. The summed E-state index contributed by atoms with van der Waals surface area (Å²) in [4.78, 5) is 0. The van der Waals surface area contributed by atoms with Gasteiger partial charge in [-0.05, 0) is 34.7 Å². The summed E-state index contributed by atoms with van der Waals surface area (Å²) in [6.07, 6.45) is 1.00. The molecule has 1 aromatic heterocycles. The van der Waals surface area contributed by atoms with Crippen LogP contribution in [0.25, 0.3) is 0 Å². The van der Waals surface area contributed by atoms with Gasteiger partial charge in [0.15, 0.2) is 0 Å². The van der Waals surface area contributed by atoms with E-state index in [-0.39, 0.29) is 6.61 Å². The first kappa shape index (κ1) is 7.76. The largest absolute Gasteiger partial charge is 0.396 e. The van der Waals surface area contributed by atoms with Crippen LogP contribution in [0.2, 0.25) is 0 Å². The molecule has 0 aliphatic heterocycles. The van der Waals surface area contributed by atoms with Crippen molar-refractivity contribution in [3.05, 3.63) is 22.4 Å². The summed E-state index contributed by atoms with van der Waals surface area (Å²) in [5.41, 5.74) is 1.34. The summed E-state index contributed by atoms with van der Waals surface area (Å²) in [6, 6.07) is 2.11. The van der Waals surface area contributed by atoms with Crippen LogP contribution in [0.3, 0.4) is 0 Å². The first-order chi connectivity index (χ1) is 4.83. The molecule has 1 aromatic rings. The first-order valence-corrected chi connectivity index (χ1v) is 4.39. The molecule has 1 nitrogen and oxygen atoms in total. The van der Waals surface area contributed by atoms with Crippen molar-refractivity contribution in [3.8, 4) is 0 Å². The van der Waals surface area contributed by atoms with Gasteiger partial charge in [-0.3, -0.25) is 0 Å². The fourth-order valence-electron chi connectivity index (χ4n) is 0.876. The van der Waals surface area contributed by atoms with Gasteiger partial charge in [0, 0.05) is 6.61 Å². The summed E-state index contributed by atoms with van der Waals surface area (Å²) < 4.78 is 0. The molecule has 0 saturated carbocycles. The molecule has 0 fully saturated rings. The Bertz CT molecular complexity index is 169. The van der Waals surface area contributed by atoms with Crippen LogP contribution in [0.1, 0.15) is 12.5 Å². The van der Waals surface area contributed by atoms with Crippen molar-refractivity contribution >= 4 is 11.3 Å². The Hall–Kier alpha value is -0.340. The summed E-state index contributed by atoms with van der Waals surface area (Å²) in [6.45, 7) is 2.34. The fraction of sp³-hybridized carbons (Fsp3) is 0.500. The lowest BCUT2D eigenvalue weighted by Crippen LogP contribution is -2.03. The van der Waals surface area contributed by atoms with E-state index in [0.29, 0.717) is 5.92 Å². The Morgan fingerprint density at radius 2 is 2.50 bits per heavy atom. The maximum atomic E-state index is 8.74. The zero-order valence-electron chi connectivity index (χ0n) is 6.08. The van der Waals surface area contributed by atoms with Crippen molar-refractivity contribution in [2.45, 2.75) is 13.3 Å². The number of hydrogen-bond acceptors (Lipinski definition) is 2. The van der Waals surface area contributed by atoms with Crippen LogP contribution in [0.15, 0.2) is 16.8 Å². The van der Waals surface area contributed by atoms with Gasteiger partial charge in [-0.25, -0.2) is 0 Å². The highest BCUT2D eigenvalue weighted by Crippen LogP contribution is 2.11. The molecule has 2 heteroatoms. The number of thiophene rings is 1. The second-order valence-corrected chi connectivity index (χ2v) is 3.40. The molecule has 0 aliphatic carbocycles. The highest BCUT2D eigenvalue weighted by atomic mass is 32.1. The van der Waals surface area contributed by atoms with Crippen LogP contribution in [0, 0.1) is 5.92 Å². The fourth-order valence-corrected chi connectivity index (χ4v) is 1.56. The number of aliphatic hydroxyl groups is 1. The minimum absolute atomic E-state index is 0.288. The molecule has 0 aliphatic rings. The van der Waals surface area contributed by atoms with E-state index in [0.717, 1.165) is 6.42 Å². The number of hydrogen-bond donors (Lipinski definition) is 1. The minimum Gasteiger partial charge on any atom is -0.396 e. The van der Waals surface area contributed by atoms with E-state index >= 15 is 0 Å². The average Bonchev–Trinajstić information content (AvgIpc) is 2.40. The van der Waals surface area contributed by atoms with Gasteiger partial charge in [0.05, 0.1) is 0 Å². The van der Waals surface area contributed by atoms with Crippen molar-refractivity contribution in [1.29, 1.82) is 0 Å². The third-order valence-corrected chi connectivity index (χ3v) is 2.21. The highest BCUT2D eigenvalue weighted by molar-refractivity contribution is 7.07. The van der Waals surface area contributed by atoms with Gasteiger partial charge in [0.25, 0.3) is 0 Å². The van der Waals surface area contributed by atoms with Crippen LogP contribution >= 0.6 is 11.3 Å². The van der Waals surface area contributed by atoms with Crippen LogP contribution in [-0.2, 0) is 6.42 Å². The topological polar surface area (TPSA) is 20.2 Å². The molecular weight excluding hydrogens is 144 g/mol. The minimum atomic E-state index is 0.288. The number of aliphatic hydroxyl groups excluding tert-OH is 1. The van der Waals surface area contributed by atoms with Crippen molar-refractivity contribution in [1.82, 2.24) is 0 Å². The Kier molecular flexibility index (Phi) is 2.90. The Balaban J connectivity index is 2.40. The molecular formula is C8H12OS. The molecule has 0 spiro atoms. The molecule has 10 heavy (non-hydrogen) atoms. The van der Waals surface area contributed by atoms with Gasteiger partial charge in [0.2, 0.25) is 0 Å². The first-order valence-electron chi connectivity index (χ1n) is 3.45. The van der Waals surface area contributed by atoms with E-state index in [1.807, 2.05) is 0 Å². The standard InChI is InChI=1S/C8H12OS/c1-7(5-9)4-8-2-3-10-6-8/h2-3,6-7,9H,4-5H2,1H3. The monoisotopic (exact) mass is 156 g/mol. The summed E-state index contributed by atoms with van der Waals surface area (Å²) in [5, 5.41) is 12.9. The summed E-state index contributed by atoms with van der Waals surface area (Å²) in [7, 11) is 0. The van der Waals surface area contributed by atoms with Gasteiger partial charge < -0.3 is 5.11 Å². The molecule has 1 rings (SSSR count). The van der Waals surface area contributed by atoms with Gasteiger partial charge in [-0.15, -0.1) is 0 Å². The van der Waals surface area contributed by atoms with Gasteiger partial charge in [0.1, 0.15) is 0 Å². The Morgan fingerprint density at radius 1 is 1.70 bits per heavy atom. The quantitative estimate of drug-likeness (QED) is 0.709. The molecule has 0 aromatic carbocycles. The van der Waals surface area contributed by atoms with Gasteiger partial charge in [-0.1, -0.05) is 6.92 Å². The molecule has 0 amide bonds. The smallest absolute Gasteiger partial charge is 0.0459 e. The molecule has 1 atom stereocenters. The Labute approximate surface area is 65.3 Å². The average molecular weight is 156 g/mol. The molecule has 0 saturated heterocycles. The lowest BCUT2D eigenvalue weighted by atomic mass is 10.1. The third-order valence-electron chi connectivity index (χ3n) is 1.48. The molecule has 1 heterocycles. The maximum absolute atomic E-state index is 8.74. The maximum Gasteiger partial charge on any atom is 0.0459 e. The van der Waals surface area contributed by atoms with Crippen molar-refractivity contribution in [2.24, 2.45) is 5.92 Å². The van der Waals surface area contributed by atoms with E-state index in [4.69, 9.17) is 5.11 Å². The summed E-state index contributed by atoms with van der Waals surface area (Å²) >= 11 is 1.71. The zero-order chi connectivity index (χ0) is 7.40. The predicted octanol–water partition coefficient (Wildman–Crippen LogP) is 1.92. The Morgan fingerprint density at radius 3 is 3.00 bits per heavy atom. The van der Waals surface area contributed by atoms with Gasteiger partial charge in [-0.2, -0.15) is 11.3 Å². The molecule has 0 radical (unpaired) electrons. The van der Waals surface area contributed by atoms with Crippen LogP contribution in [-0.4, -0.2) is 11.7 Å². The van der Waals surface area contributed by atoms with E-state index in [2.05, 4.69) is 23.8 Å². The van der Waals surface area contributed by atoms with Crippen LogP contribution in [0.4, 0.5) is 0 Å². The molecule has 0 bridgehead atoms. The molecule has 56 valence electrons. The van der Waals surface area contributed by atoms with E-state index in [1.165, 1.54) is 5.56 Å². The second-order valence-electron chi connectivity index (χ2n) is 2.62. The van der Waals surface area contributed by atoms with E-state index in [9.17, 15) is 0 Å². The highest BCUT2D eigenvalue weighted by Gasteiger charge is 2.00. The van der Waals surface area contributed by atoms with Gasteiger partial charge >= 0.3 is 0 Å². The lowest BCUT2D eigenvalue weighted by Gasteiger charge is -2.03.